The molecule has 2 N–H and O–H groups in total. The van der Waals surface area contributed by atoms with Crippen molar-refractivity contribution in [2.75, 3.05) is 26.3 Å². The zero-order valence-electron chi connectivity index (χ0n) is 14.8. The van der Waals surface area contributed by atoms with Crippen LogP contribution in [-0.4, -0.2) is 37.0 Å². The summed E-state index contributed by atoms with van der Waals surface area (Å²) in [5, 5.41) is 4.10. The molecule has 0 saturated carbocycles. The van der Waals surface area contributed by atoms with Gasteiger partial charge in [-0.15, -0.1) is 0 Å². The van der Waals surface area contributed by atoms with Crippen LogP contribution in [0.3, 0.4) is 0 Å². The van der Waals surface area contributed by atoms with Gasteiger partial charge >= 0.3 is 0 Å². The molecular weight excluding hydrogens is 324 g/mol. The maximum atomic E-state index is 11.5. The number of nitrogens with one attached hydrogen (secondary N) is 2. The molecule has 8 nitrogen and oxygen atoms in total. The molecule has 0 aliphatic heterocycles. The maximum absolute atomic E-state index is 11.5. The van der Waals surface area contributed by atoms with Gasteiger partial charge in [-0.25, -0.2) is 10.4 Å². The molecule has 8 heteroatoms. The molecule has 2 aromatic rings. The lowest BCUT2D eigenvalue weighted by atomic mass is 10.2. The SMILES string of the molecule is CCOc1c(OC)cc(/C=N\Nc2nc(CC)cc(=O)[nH]2)cc1OC. The highest BCUT2D eigenvalue weighted by Gasteiger charge is 2.13. The van der Waals surface area contributed by atoms with E-state index in [0.717, 1.165) is 5.56 Å². The lowest BCUT2D eigenvalue weighted by Crippen LogP contribution is -2.11. The van der Waals surface area contributed by atoms with E-state index in [-0.39, 0.29) is 11.5 Å². The van der Waals surface area contributed by atoms with Gasteiger partial charge in [0, 0.05) is 17.3 Å². The zero-order valence-corrected chi connectivity index (χ0v) is 14.8. The fourth-order valence-electron chi connectivity index (χ4n) is 2.17. The molecule has 1 aromatic carbocycles. The third kappa shape index (κ3) is 4.72. The summed E-state index contributed by atoms with van der Waals surface area (Å²) in [7, 11) is 3.11. The zero-order chi connectivity index (χ0) is 18.2. The van der Waals surface area contributed by atoms with Crippen LogP contribution in [0.25, 0.3) is 0 Å². The summed E-state index contributed by atoms with van der Waals surface area (Å²) in [6.07, 6.45) is 2.23. The third-order valence-electron chi connectivity index (χ3n) is 3.31. The molecule has 1 heterocycles. The summed E-state index contributed by atoms with van der Waals surface area (Å²) in [5.41, 5.74) is 3.91. The van der Waals surface area contributed by atoms with Crippen LogP contribution in [0.5, 0.6) is 17.2 Å². The number of nitrogens with zero attached hydrogens (tertiary/aromatic N) is 2. The summed E-state index contributed by atoms with van der Waals surface area (Å²) >= 11 is 0. The molecule has 0 spiro atoms. The molecule has 0 saturated heterocycles. The smallest absolute Gasteiger partial charge is 0.252 e. The molecule has 134 valence electrons. The first-order valence-electron chi connectivity index (χ1n) is 7.89. The molecule has 0 atom stereocenters. The summed E-state index contributed by atoms with van der Waals surface area (Å²) < 4.78 is 16.2. The van der Waals surface area contributed by atoms with Crippen LogP contribution in [0.15, 0.2) is 28.1 Å². The predicted molar refractivity (Wildman–Crippen MR) is 96.2 cm³/mol. The van der Waals surface area contributed by atoms with Crippen LogP contribution in [-0.2, 0) is 6.42 Å². The minimum absolute atomic E-state index is 0.228. The van der Waals surface area contributed by atoms with Gasteiger partial charge in [0.25, 0.3) is 5.56 Å². The van der Waals surface area contributed by atoms with Crippen LogP contribution in [0.1, 0.15) is 25.1 Å². The highest BCUT2D eigenvalue weighted by Crippen LogP contribution is 2.38. The number of aryl methyl sites for hydroxylation is 1. The van der Waals surface area contributed by atoms with Crippen molar-refractivity contribution in [1.29, 1.82) is 0 Å². The molecule has 0 aliphatic rings. The van der Waals surface area contributed by atoms with Gasteiger partial charge < -0.3 is 14.2 Å². The second-order valence-corrected chi connectivity index (χ2v) is 5.00. The van der Waals surface area contributed by atoms with Crippen LogP contribution in [0.4, 0.5) is 5.95 Å². The molecule has 0 fully saturated rings. The molecule has 1 aromatic heterocycles. The van der Waals surface area contributed by atoms with E-state index in [1.54, 1.807) is 32.6 Å². The van der Waals surface area contributed by atoms with Gasteiger partial charge in [-0.05, 0) is 25.5 Å². The van der Waals surface area contributed by atoms with E-state index in [4.69, 9.17) is 14.2 Å². The standard InChI is InChI=1S/C17H22N4O4/c1-5-12-9-15(22)20-17(19-12)21-18-10-11-7-13(23-3)16(25-6-2)14(8-11)24-4/h7-10H,5-6H2,1-4H3,(H2,19,20,21,22)/b18-10-. The van der Waals surface area contributed by atoms with Crippen molar-refractivity contribution in [3.8, 4) is 17.2 Å². The number of rotatable bonds is 8. The van der Waals surface area contributed by atoms with Crippen molar-refractivity contribution < 1.29 is 14.2 Å². The van der Waals surface area contributed by atoms with E-state index in [2.05, 4.69) is 20.5 Å². The lowest BCUT2D eigenvalue weighted by Gasteiger charge is -2.14. The monoisotopic (exact) mass is 346 g/mol. The summed E-state index contributed by atoms with van der Waals surface area (Å²) in [5.74, 6) is 1.91. The molecule has 0 aliphatic carbocycles. The number of aromatic nitrogens is 2. The second kappa shape index (κ2) is 8.72. The highest BCUT2D eigenvalue weighted by atomic mass is 16.5. The minimum atomic E-state index is -0.228. The van der Waals surface area contributed by atoms with E-state index >= 15 is 0 Å². The Labute approximate surface area is 145 Å². The third-order valence-corrected chi connectivity index (χ3v) is 3.31. The predicted octanol–water partition coefficient (Wildman–Crippen LogP) is 2.19. The van der Waals surface area contributed by atoms with Crippen molar-refractivity contribution in [3.63, 3.8) is 0 Å². The van der Waals surface area contributed by atoms with Gasteiger partial charge in [0.1, 0.15) is 0 Å². The van der Waals surface area contributed by atoms with Gasteiger partial charge in [-0.3, -0.25) is 9.78 Å². The van der Waals surface area contributed by atoms with Gasteiger partial charge in [0.05, 0.1) is 27.0 Å². The molecule has 0 bridgehead atoms. The molecule has 25 heavy (non-hydrogen) atoms. The number of aromatic amines is 1. The number of hydrogen-bond acceptors (Lipinski definition) is 7. The molecule has 0 unspecified atom stereocenters. The first-order valence-corrected chi connectivity index (χ1v) is 7.89. The molecule has 2 rings (SSSR count). The van der Waals surface area contributed by atoms with Crippen molar-refractivity contribution in [2.24, 2.45) is 5.10 Å². The highest BCUT2D eigenvalue weighted by molar-refractivity contribution is 5.82. The van der Waals surface area contributed by atoms with Gasteiger partial charge in [-0.2, -0.15) is 5.10 Å². The number of hydrogen-bond donors (Lipinski definition) is 2. The fraction of sp³-hybridized carbons (Fsp3) is 0.353. The largest absolute Gasteiger partial charge is 0.493 e. The Balaban J connectivity index is 2.23. The number of benzene rings is 1. The van der Waals surface area contributed by atoms with E-state index < -0.39 is 0 Å². The van der Waals surface area contributed by atoms with Crippen LogP contribution >= 0.6 is 0 Å². The Bertz CT molecular complexity index is 776. The Morgan fingerprint density at radius 3 is 2.44 bits per heavy atom. The van der Waals surface area contributed by atoms with Crippen LogP contribution in [0, 0.1) is 0 Å². The van der Waals surface area contributed by atoms with E-state index in [9.17, 15) is 4.79 Å². The fourth-order valence-corrected chi connectivity index (χ4v) is 2.17. The van der Waals surface area contributed by atoms with Gasteiger partial charge in [-0.1, -0.05) is 6.92 Å². The Kier molecular flexibility index (Phi) is 6.39. The molecule has 0 amide bonds. The quantitative estimate of drug-likeness (QED) is 0.562. The number of anilines is 1. The normalized spacial score (nSPS) is 10.7. The number of methoxy groups -OCH3 is 2. The number of ether oxygens (including phenoxy) is 3. The van der Waals surface area contributed by atoms with E-state index in [0.29, 0.717) is 36.0 Å². The van der Waals surface area contributed by atoms with Crippen molar-refractivity contribution in [2.45, 2.75) is 20.3 Å². The Morgan fingerprint density at radius 2 is 1.88 bits per heavy atom. The first kappa shape index (κ1) is 18.3. The van der Waals surface area contributed by atoms with E-state index in [1.807, 2.05) is 13.8 Å². The van der Waals surface area contributed by atoms with Crippen LogP contribution < -0.4 is 25.2 Å². The minimum Gasteiger partial charge on any atom is -0.493 e. The molecular formula is C17H22N4O4. The average molecular weight is 346 g/mol. The number of H-pyrrole nitrogens is 1. The topological polar surface area (TPSA) is 97.8 Å². The summed E-state index contributed by atoms with van der Waals surface area (Å²) in [6.45, 7) is 4.30. The van der Waals surface area contributed by atoms with Crippen molar-refractivity contribution in [1.82, 2.24) is 9.97 Å². The van der Waals surface area contributed by atoms with E-state index in [1.165, 1.54) is 6.07 Å². The molecule has 0 radical (unpaired) electrons. The summed E-state index contributed by atoms with van der Waals surface area (Å²) in [4.78, 5) is 18.4. The van der Waals surface area contributed by atoms with Gasteiger partial charge in [0.15, 0.2) is 11.5 Å². The average Bonchev–Trinajstić information content (AvgIpc) is 2.62. The van der Waals surface area contributed by atoms with Crippen molar-refractivity contribution in [3.05, 3.63) is 39.8 Å². The second-order valence-electron chi connectivity index (χ2n) is 5.00. The Morgan fingerprint density at radius 1 is 1.20 bits per heavy atom. The van der Waals surface area contributed by atoms with Crippen LogP contribution in [0.2, 0.25) is 0 Å². The maximum Gasteiger partial charge on any atom is 0.252 e. The van der Waals surface area contributed by atoms with Crippen molar-refractivity contribution >= 4 is 12.2 Å². The van der Waals surface area contributed by atoms with Gasteiger partial charge in [0.2, 0.25) is 11.7 Å². The summed E-state index contributed by atoms with van der Waals surface area (Å²) in [6, 6.07) is 5.01. The lowest BCUT2D eigenvalue weighted by molar-refractivity contribution is 0.288. The number of hydrazone groups is 1. The first-order chi connectivity index (χ1) is 12.1. The Hall–Kier alpha value is -3.03.